The minimum absolute atomic E-state index is 0.622. The molecule has 102 valence electrons. The number of hydrogen-bond acceptors (Lipinski definition) is 4. The first kappa shape index (κ1) is 13.9. The molecule has 4 heteroatoms. The SMILES string of the molecule is COc1cccc(OC)c1C(C)(O)c1sccc1C. The van der Waals surface area contributed by atoms with Crippen molar-refractivity contribution < 1.29 is 14.6 Å². The summed E-state index contributed by atoms with van der Waals surface area (Å²) in [6, 6.07) is 7.50. The van der Waals surface area contributed by atoms with E-state index in [0.29, 0.717) is 17.1 Å². The van der Waals surface area contributed by atoms with Gasteiger partial charge in [0.05, 0.1) is 19.8 Å². The molecule has 0 aliphatic carbocycles. The molecule has 0 fully saturated rings. The Morgan fingerprint density at radius 2 is 1.68 bits per heavy atom. The van der Waals surface area contributed by atoms with Gasteiger partial charge >= 0.3 is 0 Å². The molecule has 2 rings (SSSR count). The zero-order valence-electron chi connectivity index (χ0n) is 11.6. The van der Waals surface area contributed by atoms with Gasteiger partial charge in [-0.1, -0.05) is 6.07 Å². The molecule has 3 nitrogen and oxygen atoms in total. The summed E-state index contributed by atoms with van der Waals surface area (Å²) in [5.74, 6) is 1.24. The van der Waals surface area contributed by atoms with Gasteiger partial charge in [0, 0.05) is 4.88 Å². The Morgan fingerprint density at radius 1 is 1.11 bits per heavy atom. The molecule has 0 radical (unpaired) electrons. The summed E-state index contributed by atoms with van der Waals surface area (Å²) in [5, 5.41) is 13.0. The van der Waals surface area contributed by atoms with Crippen molar-refractivity contribution in [2.24, 2.45) is 0 Å². The van der Waals surface area contributed by atoms with Crippen LogP contribution in [-0.4, -0.2) is 19.3 Å². The average molecular weight is 278 g/mol. The number of aryl methyl sites for hydroxylation is 1. The zero-order chi connectivity index (χ0) is 14.0. The topological polar surface area (TPSA) is 38.7 Å². The highest BCUT2D eigenvalue weighted by Gasteiger charge is 2.34. The van der Waals surface area contributed by atoms with E-state index in [0.717, 1.165) is 10.4 Å². The molecule has 2 aromatic rings. The summed E-state index contributed by atoms with van der Waals surface area (Å²) in [7, 11) is 3.19. The minimum Gasteiger partial charge on any atom is -0.496 e. The number of methoxy groups -OCH3 is 2. The van der Waals surface area contributed by atoms with Crippen LogP contribution in [0.25, 0.3) is 0 Å². The van der Waals surface area contributed by atoms with Crippen molar-refractivity contribution >= 4 is 11.3 Å². The molecule has 1 aromatic heterocycles. The number of benzene rings is 1. The van der Waals surface area contributed by atoms with Gasteiger partial charge < -0.3 is 14.6 Å². The fourth-order valence-electron chi connectivity index (χ4n) is 2.32. The predicted molar refractivity (Wildman–Crippen MR) is 77.3 cm³/mol. The average Bonchev–Trinajstić information content (AvgIpc) is 2.84. The van der Waals surface area contributed by atoms with Crippen molar-refractivity contribution in [3.8, 4) is 11.5 Å². The van der Waals surface area contributed by atoms with Crippen molar-refractivity contribution in [3.63, 3.8) is 0 Å². The molecule has 0 saturated carbocycles. The molecule has 19 heavy (non-hydrogen) atoms. The fraction of sp³-hybridized carbons (Fsp3) is 0.333. The number of rotatable bonds is 4. The molecular weight excluding hydrogens is 260 g/mol. The molecule has 0 amide bonds. The van der Waals surface area contributed by atoms with Crippen LogP contribution in [-0.2, 0) is 5.60 Å². The van der Waals surface area contributed by atoms with E-state index in [2.05, 4.69) is 0 Å². The molecule has 1 atom stereocenters. The third-order valence-corrected chi connectivity index (χ3v) is 4.45. The van der Waals surface area contributed by atoms with Crippen molar-refractivity contribution in [1.29, 1.82) is 0 Å². The van der Waals surface area contributed by atoms with Gasteiger partial charge in [0.25, 0.3) is 0 Å². The maximum Gasteiger partial charge on any atom is 0.129 e. The second-order valence-corrected chi connectivity index (χ2v) is 5.46. The van der Waals surface area contributed by atoms with Crippen molar-refractivity contribution in [2.45, 2.75) is 19.4 Å². The minimum atomic E-state index is -1.14. The van der Waals surface area contributed by atoms with Gasteiger partial charge in [-0.2, -0.15) is 0 Å². The fourth-order valence-corrected chi connectivity index (χ4v) is 3.31. The maximum absolute atomic E-state index is 11.0. The van der Waals surface area contributed by atoms with Crippen LogP contribution < -0.4 is 9.47 Å². The lowest BCUT2D eigenvalue weighted by atomic mass is 9.90. The Kier molecular flexibility index (Phi) is 3.83. The van der Waals surface area contributed by atoms with Crippen LogP contribution in [0.4, 0.5) is 0 Å². The summed E-state index contributed by atoms with van der Waals surface area (Å²) < 4.78 is 10.8. The molecule has 0 bridgehead atoms. The molecule has 1 N–H and O–H groups in total. The number of hydrogen-bond donors (Lipinski definition) is 1. The number of aliphatic hydroxyl groups is 1. The molecule has 0 spiro atoms. The van der Waals surface area contributed by atoms with E-state index in [1.807, 2.05) is 36.6 Å². The summed E-state index contributed by atoms with van der Waals surface area (Å²) in [4.78, 5) is 0.898. The van der Waals surface area contributed by atoms with E-state index in [1.165, 1.54) is 11.3 Å². The van der Waals surface area contributed by atoms with E-state index in [1.54, 1.807) is 21.1 Å². The highest BCUT2D eigenvalue weighted by atomic mass is 32.1. The van der Waals surface area contributed by atoms with E-state index in [4.69, 9.17) is 9.47 Å². The molecule has 0 saturated heterocycles. The third-order valence-electron chi connectivity index (χ3n) is 3.22. The Bertz CT molecular complexity index is 550. The van der Waals surface area contributed by atoms with Crippen LogP contribution in [0.5, 0.6) is 11.5 Å². The van der Waals surface area contributed by atoms with Crippen LogP contribution in [0.3, 0.4) is 0 Å². The molecule has 0 aliphatic rings. The Labute approximate surface area is 117 Å². The first-order valence-electron chi connectivity index (χ1n) is 6.00. The van der Waals surface area contributed by atoms with Gasteiger partial charge in [-0.05, 0) is 43.0 Å². The molecule has 1 aromatic carbocycles. The Balaban J connectivity index is 2.66. The second kappa shape index (κ2) is 5.23. The number of thiophene rings is 1. The second-order valence-electron chi connectivity index (χ2n) is 4.54. The first-order valence-corrected chi connectivity index (χ1v) is 6.88. The standard InChI is InChI=1S/C15H18O3S/c1-10-8-9-19-14(10)15(2,16)13-11(17-3)6-5-7-12(13)18-4/h5-9,16H,1-4H3. The predicted octanol–water partition coefficient (Wildman–Crippen LogP) is 3.33. The highest BCUT2D eigenvalue weighted by molar-refractivity contribution is 7.10. The quantitative estimate of drug-likeness (QED) is 0.932. The summed E-state index contributed by atoms with van der Waals surface area (Å²) >= 11 is 1.53. The maximum atomic E-state index is 11.0. The molecule has 1 unspecified atom stereocenters. The Morgan fingerprint density at radius 3 is 2.11 bits per heavy atom. The van der Waals surface area contributed by atoms with E-state index in [-0.39, 0.29) is 0 Å². The van der Waals surface area contributed by atoms with Gasteiger partial charge in [-0.3, -0.25) is 0 Å². The van der Waals surface area contributed by atoms with Gasteiger partial charge in [-0.25, -0.2) is 0 Å². The lowest BCUT2D eigenvalue weighted by Gasteiger charge is -2.27. The van der Waals surface area contributed by atoms with E-state index < -0.39 is 5.60 Å². The van der Waals surface area contributed by atoms with Crippen molar-refractivity contribution in [2.75, 3.05) is 14.2 Å². The van der Waals surface area contributed by atoms with Crippen LogP contribution in [0.1, 0.15) is 22.9 Å². The number of ether oxygens (including phenoxy) is 2. The Hall–Kier alpha value is -1.52. The van der Waals surface area contributed by atoms with E-state index >= 15 is 0 Å². The van der Waals surface area contributed by atoms with Crippen molar-refractivity contribution in [1.82, 2.24) is 0 Å². The van der Waals surface area contributed by atoms with Gasteiger partial charge in [0.2, 0.25) is 0 Å². The summed E-state index contributed by atoms with van der Waals surface area (Å²) in [6.07, 6.45) is 0. The zero-order valence-corrected chi connectivity index (χ0v) is 12.4. The monoisotopic (exact) mass is 278 g/mol. The van der Waals surface area contributed by atoms with Crippen molar-refractivity contribution in [3.05, 3.63) is 45.6 Å². The normalized spacial score (nSPS) is 13.9. The van der Waals surface area contributed by atoms with Crippen LogP contribution in [0.2, 0.25) is 0 Å². The first-order chi connectivity index (χ1) is 9.02. The molecule has 0 aliphatic heterocycles. The molecular formula is C15H18O3S. The molecule has 1 heterocycles. The smallest absolute Gasteiger partial charge is 0.129 e. The summed E-state index contributed by atoms with van der Waals surface area (Å²) in [5.41, 5.74) is 0.574. The third kappa shape index (κ3) is 2.33. The highest BCUT2D eigenvalue weighted by Crippen LogP contribution is 2.43. The van der Waals surface area contributed by atoms with Crippen LogP contribution in [0.15, 0.2) is 29.6 Å². The van der Waals surface area contributed by atoms with Crippen LogP contribution >= 0.6 is 11.3 Å². The lowest BCUT2D eigenvalue weighted by molar-refractivity contribution is 0.0988. The van der Waals surface area contributed by atoms with Gasteiger partial charge in [-0.15, -0.1) is 11.3 Å². The largest absolute Gasteiger partial charge is 0.496 e. The summed E-state index contributed by atoms with van der Waals surface area (Å²) in [6.45, 7) is 3.76. The van der Waals surface area contributed by atoms with Crippen LogP contribution in [0, 0.1) is 6.92 Å². The lowest BCUT2D eigenvalue weighted by Crippen LogP contribution is -2.24. The van der Waals surface area contributed by atoms with Gasteiger partial charge in [0.1, 0.15) is 17.1 Å². The van der Waals surface area contributed by atoms with Gasteiger partial charge in [0.15, 0.2) is 0 Å². The van der Waals surface area contributed by atoms with E-state index in [9.17, 15) is 5.11 Å².